The number of esters is 1. The summed E-state index contributed by atoms with van der Waals surface area (Å²) in [5.41, 5.74) is -0.114. The molecule has 0 radical (unpaired) electrons. The average molecular weight is 303 g/mol. The van der Waals surface area contributed by atoms with Gasteiger partial charge in [-0.3, -0.25) is 4.79 Å². The van der Waals surface area contributed by atoms with E-state index in [1.807, 2.05) is 50.8 Å². The Hall–Kier alpha value is -1.84. The van der Waals surface area contributed by atoms with Crippen LogP contribution in [0.2, 0.25) is 0 Å². The summed E-state index contributed by atoms with van der Waals surface area (Å²) < 4.78 is 5.70. The Morgan fingerprint density at radius 2 is 1.55 bits per heavy atom. The van der Waals surface area contributed by atoms with Crippen LogP contribution in [0.5, 0.6) is 0 Å². The van der Waals surface area contributed by atoms with Gasteiger partial charge in [-0.15, -0.1) is 0 Å². The predicted molar refractivity (Wildman–Crippen MR) is 85.6 cm³/mol. The van der Waals surface area contributed by atoms with Gasteiger partial charge in [-0.2, -0.15) is 0 Å². The van der Waals surface area contributed by atoms with E-state index in [0.717, 1.165) is 0 Å². The van der Waals surface area contributed by atoms with Crippen LogP contribution in [0.25, 0.3) is 0 Å². The number of rotatable bonds is 2. The third-order valence-corrected chi connectivity index (χ3v) is 4.26. The molecule has 4 nitrogen and oxygen atoms in total. The number of benzene rings is 1. The Labute approximate surface area is 132 Å². The monoisotopic (exact) mass is 303 g/mol. The fourth-order valence-electron chi connectivity index (χ4n) is 3.92. The van der Waals surface area contributed by atoms with Crippen LogP contribution >= 0.6 is 0 Å². The fourth-order valence-corrected chi connectivity index (χ4v) is 3.92. The Morgan fingerprint density at radius 1 is 1.05 bits per heavy atom. The standard InChI is InChI=1S/C18H25NO3/c1-13(20)19-17(2,3)11-15(12-18(19,4)5)22-16(21)14-9-7-6-8-10-14/h6-10,15H,11-12H2,1-5H3. The first kappa shape index (κ1) is 16.5. The number of carbonyl (C=O) groups is 2. The van der Waals surface area contributed by atoms with Gasteiger partial charge < -0.3 is 9.64 Å². The second-order valence-corrected chi connectivity index (χ2v) is 7.28. The molecule has 1 aliphatic heterocycles. The molecule has 1 heterocycles. The molecule has 0 N–H and O–H groups in total. The minimum absolute atomic E-state index is 0.0582. The van der Waals surface area contributed by atoms with Gasteiger partial charge in [-0.1, -0.05) is 18.2 Å². The minimum atomic E-state index is -0.338. The van der Waals surface area contributed by atoms with Gasteiger partial charge in [-0.25, -0.2) is 4.79 Å². The first-order valence-corrected chi connectivity index (χ1v) is 7.70. The zero-order valence-corrected chi connectivity index (χ0v) is 14.1. The topological polar surface area (TPSA) is 46.6 Å². The molecule has 0 aromatic heterocycles. The second kappa shape index (κ2) is 5.75. The number of nitrogens with zero attached hydrogens (tertiary/aromatic N) is 1. The van der Waals surface area contributed by atoms with Gasteiger partial charge in [0, 0.05) is 30.8 Å². The number of piperidine rings is 1. The number of ether oxygens (including phenoxy) is 1. The summed E-state index contributed by atoms with van der Waals surface area (Å²) in [6, 6.07) is 9.02. The van der Waals surface area contributed by atoms with E-state index >= 15 is 0 Å². The number of likely N-dealkylation sites (tertiary alicyclic amines) is 1. The van der Waals surface area contributed by atoms with Gasteiger partial charge in [0.25, 0.3) is 0 Å². The van der Waals surface area contributed by atoms with Gasteiger partial charge in [0.1, 0.15) is 6.10 Å². The van der Waals surface area contributed by atoms with E-state index in [2.05, 4.69) is 0 Å². The van der Waals surface area contributed by atoms with Crippen LogP contribution in [0, 0.1) is 0 Å². The molecule has 1 aromatic carbocycles. The van der Waals surface area contributed by atoms with E-state index in [9.17, 15) is 9.59 Å². The first-order chi connectivity index (χ1) is 10.1. The lowest BCUT2D eigenvalue weighted by Gasteiger charge is -2.54. The van der Waals surface area contributed by atoms with E-state index in [1.54, 1.807) is 19.1 Å². The van der Waals surface area contributed by atoms with Crippen molar-refractivity contribution in [1.29, 1.82) is 0 Å². The van der Waals surface area contributed by atoms with Crippen LogP contribution in [0.4, 0.5) is 0 Å². The summed E-state index contributed by atoms with van der Waals surface area (Å²) in [5.74, 6) is -0.240. The molecular formula is C18H25NO3. The van der Waals surface area contributed by atoms with Crippen molar-refractivity contribution in [3.63, 3.8) is 0 Å². The number of carbonyl (C=O) groups excluding carboxylic acids is 2. The lowest BCUT2D eigenvalue weighted by molar-refractivity contribution is -0.152. The first-order valence-electron chi connectivity index (χ1n) is 7.70. The van der Waals surface area contributed by atoms with Crippen molar-refractivity contribution in [2.45, 2.75) is 64.6 Å². The maximum atomic E-state index is 12.2. The SMILES string of the molecule is CC(=O)N1C(C)(C)CC(OC(=O)c2ccccc2)CC1(C)C. The highest BCUT2D eigenvalue weighted by Crippen LogP contribution is 2.39. The van der Waals surface area contributed by atoms with Crippen molar-refractivity contribution >= 4 is 11.9 Å². The molecular weight excluding hydrogens is 278 g/mol. The van der Waals surface area contributed by atoms with Crippen molar-refractivity contribution in [3.05, 3.63) is 35.9 Å². The molecule has 0 aliphatic carbocycles. The summed E-state index contributed by atoms with van der Waals surface area (Å²) >= 11 is 0. The molecule has 1 saturated heterocycles. The van der Waals surface area contributed by atoms with Gasteiger partial charge >= 0.3 is 5.97 Å². The van der Waals surface area contributed by atoms with Crippen molar-refractivity contribution in [2.24, 2.45) is 0 Å². The Bertz CT molecular complexity index is 545. The Morgan fingerprint density at radius 3 is 2.00 bits per heavy atom. The van der Waals surface area contributed by atoms with Gasteiger partial charge in [0.2, 0.25) is 5.91 Å². The lowest BCUT2D eigenvalue weighted by atomic mass is 9.78. The quantitative estimate of drug-likeness (QED) is 0.787. The van der Waals surface area contributed by atoms with E-state index in [-0.39, 0.29) is 29.1 Å². The average Bonchev–Trinajstić information content (AvgIpc) is 2.35. The van der Waals surface area contributed by atoms with Gasteiger partial charge in [-0.05, 0) is 39.8 Å². The van der Waals surface area contributed by atoms with Crippen molar-refractivity contribution in [1.82, 2.24) is 4.90 Å². The highest BCUT2D eigenvalue weighted by atomic mass is 16.5. The molecule has 22 heavy (non-hydrogen) atoms. The maximum Gasteiger partial charge on any atom is 0.338 e. The lowest BCUT2D eigenvalue weighted by Crippen LogP contribution is -2.63. The highest BCUT2D eigenvalue weighted by molar-refractivity contribution is 5.89. The predicted octanol–water partition coefficient (Wildman–Crippen LogP) is 3.41. The van der Waals surface area contributed by atoms with Crippen molar-refractivity contribution in [2.75, 3.05) is 0 Å². The van der Waals surface area contributed by atoms with Crippen LogP contribution in [-0.2, 0) is 9.53 Å². The van der Waals surface area contributed by atoms with Crippen LogP contribution in [0.15, 0.2) is 30.3 Å². The summed E-state index contributed by atoms with van der Waals surface area (Å²) in [4.78, 5) is 26.2. The molecule has 1 amide bonds. The van der Waals surface area contributed by atoms with E-state index in [1.165, 1.54) is 0 Å². The summed E-state index contributed by atoms with van der Waals surface area (Å²) in [7, 11) is 0. The molecule has 0 spiro atoms. The van der Waals surface area contributed by atoms with Crippen LogP contribution in [0.1, 0.15) is 57.8 Å². The Kier molecular flexibility index (Phi) is 4.32. The largest absolute Gasteiger partial charge is 0.459 e. The van der Waals surface area contributed by atoms with Gasteiger partial charge in [0.15, 0.2) is 0 Å². The molecule has 1 fully saturated rings. The van der Waals surface area contributed by atoms with Crippen LogP contribution < -0.4 is 0 Å². The Balaban J connectivity index is 2.15. The normalized spacial score (nSPS) is 20.5. The molecule has 0 atom stereocenters. The van der Waals surface area contributed by atoms with Crippen molar-refractivity contribution in [3.8, 4) is 0 Å². The molecule has 2 rings (SSSR count). The number of hydrogen-bond acceptors (Lipinski definition) is 3. The van der Waals surface area contributed by atoms with Gasteiger partial charge in [0.05, 0.1) is 5.56 Å². The fraction of sp³-hybridized carbons (Fsp3) is 0.556. The van der Waals surface area contributed by atoms with Crippen LogP contribution in [0.3, 0.4) is 0 Å². The molecule has 0 bridgehead atoms. The van der Waals surface area contributed by atoms with E-state index < -0.39 is 0 Å². The molecule has 0 unspecified atom stereocenters. The smallest absolute Gasteiger partial charge is 0.338 e. The maximum absolute atomic E-state index is 12.2. The molecule has 1 aromatic rings. The number of hydrogen-bond donors (Lipinski definition) is 0. The molecule has 4 heteroatoms. The zero-order valence-electron chi connectivity index (χ0n) is 14.1. The third kappa shape index (κ3) is 3.32. The van der Waals surface area contributed by atoms with E-state index in [4.69, 9.17) is 4.74 Å². The molecule has 120 valence electrons. The van der Waals surface area contributed by atoms with Crippen molar-refractivity contribution < 1.29 is 14.3 Å². The van der Waals surface area contributed by atoms with E-state index in [0.29, 0.717) is 18.4 Å². The van der Waals surface area contributed by atoms with Crippen LogP contribution in [-0.4, -0.2) is 34.0 Å². The molecule has 1 aliphatic rings. The number of amides is 1. The summed E-state index contributed by atoms with van der Waals surface area (Å²) in [6.07, 6.45) is 1.11. The minimum Gasteiger partial charge on any atom is -0.459 e. The molecule has 0 saturated carbocycles. The highest BCUT2D eigenvalue weighted by Gasteiger charge is 2.47. The zero-order chi connectivity index (χ0) is 16.5. The summed E-state index contributed by atoms with van der Waals surface area (Å²) in [5, 5.41) is 0. The summed E-state index contributed by atoms with van der Waals surface area (Å²) in [6.45, 7) is 9.70. The third-order valence-electron chi connectivity index (χ3n) is 4.26. The second-order valence-electron chi connectivity index (χ2n) is 7.28.